The second-order valence-corrected chi connectivity index (χ2v) is 6.26. The molecule has 3 aromatic rings. The van der Waals surface area contributed by atoms with Crippen LogP contribution in [0.15, 0.2) is 78.2 Å². The van der Waals surface area contributed by atoms with Crippen molar-refractivity contribution < 1.29 is 8.42 Å². The van der Waals surface area contributed by atoms with Gasteiger partial charge < -0.3 is 0 Å². The maximum absolute atomic E-state index is 12.3. The minimum atomic E-state index is -3.59. The molecule has 0 aliphatic rings. The van der Waals surface area contributed by atoms with Crippen LogP contribution >= 0.6 is 0 Å². The van der Waals surface area contributed by atoms with E-state index in [2.05, 4.69) is 15.1 Å². The molecule has 0 radical (unpaired) electrons. The van der Waals surface area contributed by atoms with Gasteiger partial charge in [0, 0.05) is 18.1 Å². The summed E-state index contributed by atoms with van der Waals surface area (Å²) in [5.74, 6) is 0. The highest BCUT2D eigenvalue weighted by Gasteiger charge is 2.13. The third-order valence-corrected chi connectivity index (χ3v) is 4.35. The van der Waals surface area contributed by atoms with Gasteiger partial charge in [-0.1, -0.05) is 18.2 Å². The van der Waals surface area contributed by atoms with Gasteiger partial charge in [-0.15, -0.1) is 0 Å². The second-order valence-electron chi connectivity index (χ2n) is 4.58. The minimum Gasteiger partial charge on any atom is -0.293 e. The molecule has 0 aliphatic heterocycles. The molecule has 0 amide bonds. The Morgan fingerprint density at radius 1 is 0.909 bits per heavy atom. The molecule has 0 fully saturated rings. The molecule has 0 atom stereocenters. The van der Waals surface area contributed by atoms with Crippen LogP contribution in [0.4, 0.5) is 11.4 Å². The van der Waals surface area contributed by atoms with E-state index in [0.717, 1.165) is 5.69 Å². The summed E-state index contributed by atoms with van der Waals surface area (Å²) in [4.78, 5) is 4.12. The van der Waals surface area contributed by atoms with Crippen molar-refractivity contribution in [2.75, 3.05) is 10.1 Å². The Morgan fingerprint density at radius 2 is 1.64 bits per heavy atom. The number of hydrogen-bond donors (Lipinski definition) is 2. The van der Waals surface area contributed by atoms with E-state index < -0.39 is 10.0 Å². The zero-order chi connectivity index (χ0) is 15.4. The van der Waals surface area contributed by atoms with Crippen LogP contribution in [0.5, 0.6) is 0 Å². The molecule has 0 saturated heterocycles. The first-order chi connectivity index (χ1) is 10.6. The standard InChI is InChI=1S/C15H14N4O2S/c20-22(21,18-14-4-2-1-3-5-14)15-8-6-13(7-9-15)17-19-11-10-16-12-19/h1-12,17-18H. The molecule has 22 heavy (non-hydrogen) atoms. The normalized spacial score (nSPS) is 11.1. The average molecular weight is 314 g/mol. The monoisotopic (exact) mass is 314 g/mol. The Hall–Kier alpha value is -2.80. The lowest BCUT2D eigenvalue weighted by molar-refractivity contribution is 0.601. The number of aromatic nitrogens is 2. The van der Waals surface area contributed by atoms with Crippen LogP contribution in [-0.4, -0.2) is 18.1 Å². The van der Waals surface area contributed by atoms with Gasteiger partial charge in [0.2, 0.25) is 0 Å². The van der Waals surface area contributed by atoms with E-state index in [1.54, 1.807) is 71.9 Å². The fraction of sp³-hybridized carbons (Fsp3) is 0. The van der Waals surface area contributed by atoms with Crippen LogP contribution in [0.3, 0.4) is 0 Å². The fourth-order valence-electron chi connectivity index (χ4n) is 1.90. The topological polar surface area (TPSA) is 76.0 Å². The van der Waals surface area contributed by atoms with Gasteiger partial charge in [0.1, 0.15) is 6.33 Å². The molecule has 2 aromatic carbocycles. The van der Waals surface area contributed by atoms with E-state index in [1.807, 2.05) is 6.07 Å². The van der Waals surface area contributed by atoms with Crippen molar-refractivity contribution >= 4 is 21.4 Å². The van der Waals surface area contributed by atoms with Gasteiger partial charge in [0.25, 0.3) is 10.0 Å². The molecule has 0 aliphatic carbocycles. The minimum absolute atomic E-state index is 0.201. The lowest BCUT2D eigenvalue weighted by Gasteiger charge is -2.10. The molecule has 1 heterocycles. The molecule has 0 saturated carbocycles. The van der Waals surface area contributed by atoms with Gasteiger partial charge in [-0.3, -0.25) is 14.8 Å². The summed E-state index contributed by atoms with van der Waals surface area (Å²) in [6, 6.07) is 15.3. The first-order valence-corrected chi connectivity index (χ1v) is 8.05. The first kappa shape index (κ1) is 14.2. The summed E-state index contributed by atoms with van der Waals surface area (Å²) in [6.07, 6.45) is 5.01. The Morgan fingerprint density at radius 3 is 2.27 bits per heavy atom. The number of hydrogen-bond acceptors (Lipinski definition) is 4. The van der Waals surface area contributed by atoms with Crippen LogP contribution < -0.4 is 10.1 Å². The first-order valence-electron chi connectivity index (χ1n) is 6.56. The van der Waals surface area contributed by atoms with Gasteiger partial charge in [0.05, 0.1) is 10.6 Å². The molecule has 0 bridgehead atoms. The highest BCUT2D eigenvalue weighted by Crippen LogP contribution is 2.18. The van der Waals surface area contributed by atoms with Crippen molar-refractivity contribution in [2.24, 2.45) is 0 Å². The summed E-state index contributed by atoms with van der Waals surface area (Å²) < 4.78 is 28.8. The zero-order valence-electron chi connectivity index (χ0n) is 11.5. The summed E-state index contributed by atoms with van der Waals surface area (Å²) >= 11 is 0. The lowest BCUT2D eigenvalue weighted by atomic mass is 10.3. The van der Waals surface area contributed by atoms with E-state index in [1.165, 1.54) is 0 Å². The highest BCUT2D eigenvalue weighted by atomic mass is 32.2. The Kier molecular flexibility index (Phi) is 3.80. The predicted octanol–water partition coefficient (Wildman–Crippen LogP) is 2.56. The van der Waals surface area contributed by atoms with Gasteiger partial charge in [0.15, 0.2) is 0 Å². The third-order valence-electron chi connectivity index (χ3n) is 2.95. The predicted molar refractivity (Wildman–Crippen MR) is 84.9 cm³/mol. The molecule has 1 aromatic heterocycles. The van der Waals surface area contributed by atoms with Crippen molar-refractivity contribution in [1.29, 1.82) is 0 Å². The number of rotatable bonds is 5. The fourth-order valence-corrected chi connectivity index (χ4v) is 2.96. The Bertz CT molecular complexity index is 829. The number of anilines is 2. The van der Waals surface area contributed by atoms with Crippen molar-refractivity contribution in [2.45, 2.75) is 4.90 Å². The molecular weight excluding hydrogens is 300 g/mol. The van der Waals surface area contributed by atoms with Crippen LogP contribution in [0.25, 0.3) is 0 Å². The van der Waals surface area contributed by atoms with E-state index in [9.17, 15) is 8.42 Å². The SMILES string of the molecule is O=S(=O)(Nc1ccccc1)c1ccc(Nn2ccnc2)cc1. The van der Waals surface area contributed by atoms with Crippen molar-refractivity contribution in [3.05, 3.63) is 73.3 Å². The number of para-hydroxylation sites is 1. The highest BCUT2D eigenvalue weighted by molar-refractivity contribution is 7.92. The van der Waals surface area contributed by atoms with Gasteiger partial charge in [-0.05, 0) is 36.4 Å². The lowest BCUT2D eigenvalue weighted by Crippen LogP contribution is -2.13. The third kappa shape index (κ3) is 3.26. The largest absolute Gasteiger partial charge is 0.293 e. The van der Waals surface area contributed by atoms with Crippen LogP contribution in [-0.2, 0) is 10.0 Å². The van der Waals surface area contributed by atoms with Crippen molar-refractivity contribution in [3.8, 4) is 0 Å². The number of nitrogens with zero attached hydrogens (tertiary/aromatic N) is 2. The number of imidazole rings is 1. The van der Waals surface area contributed by atoms with Gasteiger partial charge >= 0.3 is 0 Å². The quantitative estimate of drug-likeness (QED) is 0.759. The summed E-state index contributed by atoms with van der Waals surface area (Å²) in [7, 11) is -3.59. The zero-order valence-corrected chi connectivity index (χ0v) is 12.4. The van der Waals surface area contributed by atoms with E-state index in [0.29, 0.717) is 5.69 Å². The van der Waals surface area contributed by atoms with Crippen LogP contribution in [0.1, 0.15) is 0 Å². The molecule has 3 rings (SSSR count). The molecule has 0 unspecified atom stereocenters. The van der Waals surface area contributed by atoms with Crippen molar-refractivity contribution in [1.82, 2.24) is 9.66 Å². The van der Waals surface area contributed by atoms with Crippen LogP contribution in [0, 0.1) is 0 Å². The number of nitrogens with one attached hydrogen (secondary N) is 2. The number of benzene rings is 2. The molecule has 112 valence electrons. The van der Waals surface area contributed by atoms with Gasteiger partial charge in [-0.25, -0.2) is 13.4 Å². The Labute approximate surface area is 128 Å². The second kappa shape index (κ2) is 5.90. The summed E-state index contributed by atoms with van der Waals surface area (Å²) in [6.45, 7) is 0. The van der Waals surface area contributed by atoms with Crippen LogP contribution in [0.2, 0.25) is 0 Å². The molecule has 7 heteroatoms. The molecular formula is C15H14N4O2S. The van der Waals surface area contributed by atoms with E-state index in [4.69, 9.17) is 0 Å². The number of sulfonamides is 1. The molecule has 2 N–H and O–H groups in total. The summed E-state index contributed by atoms with van der Waals surface area (Å²) in [5.41, 5.74) is 4.34. The average Bonchev–Trinajstić information content (AvgIpc) is 3.01. The maximum Gasteiger partial charge on any atom is 0.261 e. The van der Waals surface area contributed by atoms with E-state index in [-0.39, 0.29) is 4.90 Å². The smallest absolute Gasteiger partial charge is 0.261 e. The maximum atomic E-state index is 12.3. The summed E-state index contributed by atoms with van der Waals surface area (Å²) in [5, 5.41) is 0. The van der Waals surface area contributed by atoms with E-state index >= 15 is 0 Å². The molecule has 0 spiro atoms. The van der Waals surface area contributed by atoms with Crippen molar-refractivity contribution in [3.63, 3.8) is 0 Å². The molecule has 6 nitrogen and oxygen atoms in total. The Balaban J connectivity index is 1.77. The van der Waals surface area contributed by atoms with Gasteiger partial charge in [-0.2, -0.15) is 0 Å².